The molecule has 1 aliphatic carbocycles. The molecule has 3 nitrogen and oxygen atoms in total. The summed E-state index contributed by atoms with van der Waals surface area (Å²) in [6, 6.07) is 1.26. The second kappa shape index (κ2) is 6.39. The molecule has 1 aliphatic heterocycles. The number of hydrogen-bond donors (Lipinski definition) is 1. The second-order valence-electron chi connectivity index (χ2n) is 5.53. The Bertz CT molecular complexity index is 247. The van der Waals surface area contributed by atoms with E-state index in [2.05, 4.69) is 5.32 Å². The van der Waals surface area contributed by atoms with E-state index in [1.54, 1.807) is 0 Å². The number of carbonyl (C=O) groups is 1. The number of likely N-dealkylation sites (tertiary alicyclic amines) is 1. The molecule has 1 atom stereocenters. The molecule has 1 saturated heterocycles. The van der Waals surface area contributed by atoms with Crippen LogP contribution < -0.4 is 5.32 Å². The lowest BCUT2D eigenvalue weighted by Crippen LogP contribution is -2.40. The van der Waals surface area contributed by atoms with Crippen LogP contribution in [0.15, 0.2) is 0 Å². The third-order valence-corrected chi connectivity index (χ3v) is 4.17. The standard InChI is InChI=1S/C14H26N2O/c1-2-14(17)16-10-9-13(11-16)15-12-7-5-3-4-6-8-12/h12-13,15H,2-11H2,1H3/t13-/m0/s1. The zero-order chi connectivity index (χ0) is 12.1. The summed E-state index contributed by atoms with van der Waals surface area (Å²) in [4.78, 5) is 13.6. The normalized spacial score (nSPS) is 27.1. The number of hydrogen-bond acceptors (Lipinski definition) is 2. The quantitative estimate of drug-likeness (QED) is 0.765. The van der Waals surface area contributed by atoms with Crippen molar-refractivity contribution in [2.75, 3.05) is 13.1 Å². The van der Waals surface area contributed by atoms with Crippen LogP contribution in [0.2, 0.25) is 0 Å². The average Bonchev–Trinajstić information content (AvgIpc) is 2.65. The van der Waals surface area contributed by atoms with Crippen LogP contribution in [0, 0.1) is 0 Å². The van der Waals surface area contributed by atoms with Crippen molar-refractivity contribution < 1.29 is 4.79 Å². The molecule has 0 unspecified atom stereocenters. The number of nitrogens with zero attached hydrogens (tertiary/aromatic N) is 1. The molecule has 0 aromatic carbocycles. The third kappa shape index (κ3) is 3.70. The Morgan fingerprint density at radius 1 is 1.12 bits per heavy atom. The fourth-order valence-corrected chi connectivity index (χ4v) is 3.13. The molecule has 0 aromatic heterocycles. The molecular formula is C14H26N2O. The fraction of sp³-hybridized carbons (Fsp3) is 0.929. The zero-order valence-electron chi connectivity index (χ0n) is 11.1. The Balaban J connectivity index is 1.74. The first-order chi connectivity index (χ1) is 8.29. The van der Waals surface area contributed by atoms with Gasteiger partial charge in [0.05, 0.1) is 0 Å². The minimum absolute atomic E-state index is 0.315. The number of amides is 1. The molecule has 1 N–H and O–H groups in total. The summed E-state index contributed by atoms with van der Waals surface area (Å²) in [7, 11) is 0. The van der Waals surface area contributed by atoms with Gasteiger partial charge in [-0.05, 0) is 19.3 Å². The Morgan fingerprint density at radius 2 is 1.82 bits per heavy atom. The van der Waals surface area contributed by atoms with E-state index in [9.17, 15) is 4.79 Å². The molecule has 3 heteroatoms. The summed E-state index contributed by atoms with van der Waals surface area (Å²) in [5, 5.41) is 3.77. The van der Waals surface area contributed by atoms with Crippen LogP contribution in [0.4, 0.5) is 0 Å². The first-order valence-corrected chi connectivity index (χ1v) is 7.33. The van der Waals surface area contributed by atoms with Crippen molar-refractivity contribution in [3.05, 3.63) is 0 Å². The average molecular weight is 238 g/mol. The Labute approximate surface area is 105 Å². The minimum Gasteiger partial charge on any atom is -0.341 e. The van der Waals surface area contributed by atoms with Crippen molar-refractivity contribution in [3.8, 4) is 0 Å². The molecule has 1 heterocycles. The van der Waals surface area contributed by atoms with Gasteiger partial charge in [-0.2, -0.15) is 0 Å². The Hall–Kier alpha value is -0.570. The van der Waals surface area contributed by atoms with Gasteiger partial charge < -0.3 is 10.2 Å². The highest BCUT2D eigenvalue weighted by Gasteiger charge is 2.26. The summed E-state index contributed by atoms with van der Waals surface area (Å²) < 4.78 is 0. The van der Waals surface area contributed by atoms with Crippen LogP contribution in [0.3, 0.4) is 0 Å². The highest BCUT2D eigenvalue weighted by molar-refractivity contribution is 5.76. The Kier molecular flexibility index (Phi) is 4.84. The van der Waals surface area contributed by atoms with E-state index in [0.717, 1.165) is 19.5 Å². The van der Waals surface area contributed by atoms with Crippen molar-refractivity contribution in [1.82, 2.24) is 10.2 Å². The molecule has 0 radical (unpaired) electrons. The third-order valence-electron chi connectivity index (χ3n) is 4.17. The first kappa shape index (κ1) is 12.9. The van der Waals surface area contributed by atoms with Gasteiger partial charge in [0.2, 0.25) is 5.91 Å². The van der Waals surface area contributed by atoms with Crippen molar-refractivity contribution >= 4 is 5.91 Å². The highest BCUT2D eigenvalue weighted by Crippen LogP contribution is 2.19. The predicted octanol–water partition coefficient (Wildman–Crippen LogP) is 2.31. The fourth-order valence-electron chi connectivity index (χ4n) is 3.13. The lowest BCUT2D eigenvalue weighted by Gasteiger charge is -2.22. The van der Waals surface area contributed by atoms with E-state index in [1.165, 1.54) is 38.5 Å². The van der Waals surface area contributed by atoms with E-state index in [-0.39, 0.29) is 0 Å². The van der Waals surface area contributed by atoms with Crippen LogP contribution in [0.25, 0.3) is 0 Å². The van der Waals surface area contributed by atoms with E-state index in [1.807, 2.05) is 11.8 Å². The highest BCUT2D eigenvalue weighted by atomic mass is 16.2. The van der Waals surface area contributed by atoms with Crippen molar-refractivity contribution in [1.29, 1.82) is 0 Å². The van der Waals surface area contributed by atoms with Crippen LogP contribution in [0.5, 0.6) is 0 Å². The lowest BCUT2D eigenvalue weighted by molar-refractivity contribution is -0.129. The topological polar surface area (TPSA) is 32.3 Å². The number of nitrogens with one attached hydrogen (secondary N) is 1. The second-order valence-corrected chi connectivity index (χ2v) is 5.53. The van der Waals surface area contributed by atoms with E-state index >= 15 is 0 Å². The van der Waals surface area contributed by atoms with Crippen molar-refractivity contribution in [2.24, 2.45) is 0 Å². The van der Waals surface area contributed by atoms with Gasteiger partial charge in [-0.25, -0.2) is 0 Å². The summed E-state index contributed by atoms with van der Waals surface area (Å²) in [6.07, 6.45) is 10.0. The molecule has 17 heavy (non-hydrogen) atoms. The molecule has 2 aliphatic rings. The van der Waals surface area contributed by atoms with Gasteiger partial charge in [-0.3, -0.25) is 4.79 Å². The first-order valence-electron chi connectivity index (χ1n) is 7.33. The molecule has 2 rings (SSSR count). The summed E-state index contributed by atoms with van der Waals surface area (Å²) in [5.41, 5.74) is 0. The maximum atomic E-state index is 11.6. The van der Waals surface area contributed by atoms with Crippen LogP contribution in [0.1, 0.15) is 58.3 Å². The van der Waals surface area contributed by atoms with E-state index in [4.69, 9.17) is 0 Å². The van der Waals surface area contributed by atoms with E-state index < -0.39 is 0 Å². The summed E-state index contributed by atoms with van der Waals surface area (Å²) in [5.74, 6) is 0.315. The summed E-state index contributed by atoms with van der Waals surface area (Å²) in [6.45, 7) is 3.84. The van der Waals surface area contributed by atoms with Crippen molar-refractivity contribution in [2.45, 2.75) is 70.4 Å². The zero-order valence-corrected chi connectivity index (χ0v) is 11.1. The smallest absolute Gasteiger partial charge is 0.222 e. The van der Waals surface area contributed by atoms with Gasteiger partial charge in [0, 0.05) is 31.6 Å². The Morgan fingerprint density at radius 3 is 2.47 bits per heavy atom. The monoisotopic (exact) mass is 238 g/mol. The van der Waals surface area contributed by atoms with Gasteiger partial charge in [-0.1, -0.05) is 32.6 Å². The molecule has 0 spiro atoms. The maximum absolute atomic E-state index is 11.6. The van der Waals surface area contributed by atoms with Gasteiger partial charge in [0.1, 0.15) is 0 Å². The minimum atomic E-state index is 0.315. The summed E-state index contributed by atoms with van der Waals surface area (Å²) >= 11 is 0. The largest absolute Gasteiger partial charge is 0.341 e. The van der Waals surface area contributed by atoms with Gasteiger partial charge in [0.15, 0.2) is 0 Å². The molecule has 2 fully saturated rings. The van der Waals surface area contributed by atoms with Crippen LogP contribution >= 0.6 is 0 Å². The molecule has 0 aromatic rings. The molecule has 98 valence electrons. The SMILES string of the molecule is CCC(=O)N1CC[C@H](NC2CCCCCC2)C1. The predicted molar refractivity (Wildman–Crippen MR) is 69.9 cm³/mol. The van der Waals surface area contributed by atoms with Gasteiger partial charge >= 0.3 is 0 Å². The molecule has 0 bridgehead atoms. The maximum Gasteiger partial charge on any atom is 0.222 e. The lowest BCUT2D eigenvalue weighted by atomic mass is 10.1. The number of rotatable bonds is 3. The van der Waals surface area contributed by atoms with Crippen LogP contribution in [-0.2, 0) is 4.79 Å². The number of carbonyl (C=O) groups excluding carboxylic acids is 1. The molecule has 1 amide bonds. The van der Waals surface area contributed by atoms with Crippen molar-refractivity contribution in [3.63, 3.8) is 0 Å². The molecule has 1 saturated carbocycles. The van der Waals surface area contributed by atoms with Crippen LogP contribution in [-0.4, -0.2) is 36.0 Å². The van der Waals surface area contributed by atoms with Gasteiger partial charge in [-0.15, -0.1) is 0 Å². The van der Waals surface area contributed by atoms with Gasteiger partial charge in [0.25, 0.3) is 0 Å². The molecular weight excluding hydrogens is 212 g/mol. The van der Waals surface area contributed by atoms with E-state index in [0.29, 0.717) is 24.4 Å².